The van der Waals surface area contributed by atoms with E-state index in [0.29, 0.717) is 0 Å². The first-order chi connectivity index (χ1) is 4.95. The first-order valence-corrected chi connectivity index (χ1v) is 7.33. The van der Waals surface area contributed by atoms with E-state index in [1.165, 1.54) is 0 Å². The van der Waals surface area contributed by atoms with Crippen LogP contribution in [0, 0.1) is 0 Å². The van der Waals surface area contributed by atoms with Crippen LogP contribution in [0.3, 0.4) is 0 Å². The number of rotatable bonds is 4. The van der Waals surface area contributed by atoms with E-state index < -0.39 is 8.32 Å². The molecule has 0 aromatic rings. The van der Waals surface area contributed by atoms with Crippen LogP contribution in [0.1, 0.15) is 13.3 Å². The Bertz CT molecular complexity index is 153. The van der Waals surface area contributed by atoms with Crippen LogP contribution < -0.4 is 0 Å². The summed E-state index contributed by atoms with van der Waals surface area (Å²) in [7, 11) is -1.37. The predicted molar refractivity (Wildman–Crippen MR) is 53.0 cm³/mol. The number of allylic oxidation sites excluding steroid dienone is 3. The summed E-state index contributed by atoms with van der Waals surface area (Å²) in [6.07, 6.45) is 4.83. The van der Waals surface area contributed by atoms with E-state index in [9.17, 15) is 0 Å². The third-order valence-electron chi connectivity index (χ3n) is 1.04. The third kappa shape index (κ3) is 7.39. The van der Waals surface area contributed by atoms with Gasteiger partial charge in [-0.25, -0.2) is 0 Å². The highest BCUT2D eigenvalue weighted by Crippen LogP contribution is 2.09. The van der Waals surface area contributed by atoms with E-state index in [1.807, 2.05) is 13.0 Å². The third-order valence-corrected chi connectivity index (χ3v) is 1.97. The lowest BCUT2D eigenvalue weighted by Gasteiger charge is -2.19. The molecule has 0 saturated carbocycles. The second kappa shape index (κ2) is 4.39. The zero-order valence-electron chi connectivity index (χ0n) is 7.98. The van der Waals surface area contributed by atoms with Gasteiger partial charge in [-0.05, 0) is 39.1 Å². The Morgan fingerprint density at radius 3 is 2.36 bits per heavy atom. The minimum atomic E-state index is -1.37. The van der Waals surface area contributed by atoms with E-state index in [0.717, 1.165) is 12.2 Å². The van der Waals surface area contributed by atoms with Crippen molar-refractivity contribution < 1.29 is 4.43 Å². The average Bonchev–Trinajstić information content (AvgIpc) is 1.79. The molecule has 0 aromatic carbocycles. The first-order valence-electron chi connectivity index (χ1n) is 3.92. The lowest BCUT2D eigenvalue weighted by atomic mass is 10.4. The number of hydrogen-bond donors (Lipinski definition) is 0. The van der Waals surface area contributed by atoms with Gasteiger partial charge in [0.05, 0.1) is 5.76 Å². The second-order valence-corrected chi connectivity index (χ2v) is 7.98. The minimum Gasteiger partial charge on any atom is -0.548 e. The molecule has 11 heavy (non-hydrogen) atoms. The molecule has 0 aliphatic rings. The van der Waals surface area contributed by atoms with Crippen molar-refractivity contribution in [1.82, 2.24) is 0 Å². The van der Waals surface area contributed by atoms with Gasteiger partial charge in [0.15, 0.2) is 0 Å². The van der Waals surface area contributed by atoms with E-state index in [4.69, 9.17) is 4.43 Å². The Labute approximate surface area is 70.9 Å². The molecule has 0 bridgehead atoms. The quantitative estimate of drug-likeness (QED) is 0.357. The van der Waals surface area contributed by atoms with Crippen LogP contribution in [0.15, 0.2) is 24.5 Å². The monoisotopic (exact) mass is 170 g/mol. The maximum absolute atomic E-state index is 5.69. The normalized spacial score (nSPS) is 12.9. The molecule has 0 N–H and O–H groups in total. The van der Waals surface area contributed by atoms with Crippen LogP contribution in [0.4, 0.5) is 0 Å². The highest BCUT2D eigenvalue weighted by Gasteiger charge is 2.15. The Balaban J connectivity index is 3.85. The van der Waals surface area contributed by atoms with Gasteiger partial charge >= 0.3 is 0 Å². The van der Waals surface area contributed by atoms with Crippen molar-refractivity contribution in [3.05, 3.63) is 24.5 Å². The molecule has 0 unspecified atom stereocenters. The fraction of sp³-hybridized carbons (Fsp3) is 0.556. The number of hydrogen-bond acceptors (Lipinski definition) is 1. The van der Waals surface area contributed by atoms with Gasteiger partial charge in [-0.1, -0.05) is 6.08 Å². The molecule has 0 amide bonds. The van der Waals surface area contributed by atoms with E-state index in [1.54, 1.807) is 0 Å². The standard InChI is InChI=1S/C9H18OSi/c1-6-7-8-9(2)10-11(3,4)5/h6,8H,1,7H2,2-5H3/b9-8-. The predicted octanol–water partition coefficient (Wildman–Crippen LogP) is 3.32. The molecule has 1 nitrogen and oxygen atoms in total. The summed E-state index contributed by atoms with van der Waals surface area (Å²) in [5.74, 6) is 1.03. The maximum atomic E-state index is 5.69. The molecule has 0 aliphatic carbocycles. The Kier molecular flexibility index (Phi) is 4.19. The van der Waals surface area contributed by atoms with Gasteiger partial charge in [0.2, 0.25) is 8.32 Å². The molecule has 64 valence electrons. The van der Waals surface area contributed by atoms with Crippen molar-refractivity contribution >= 4 is 8.32 Å². The second-order valence-electron chi connectivity index (χ2n) is 3.55. The fourth-order valence-electron chi connectivity index (χ4n) is 0.774. The van der Waals surface area contributed by atoms with Gasteiger partial charge in [0.1, 0.15) is 0 Å². The summed E-state index contributed by atoms with van der Waals surface area (Å²) >= 11 is 0. The van der Waals surface area contributed by atoms with E-state index in [-0.39, 0.29) is 0 Å². The van der Waals surface area contributed by atoms with Crippen LogP contribution in [-0.2, 0) is 4.43 Å². The highest BCUT2D eigenvalue weighted by molar-refractivity contribution is 6.70. The van der Waals surface area contributed by atoms with Crippen molar-refractivity contribution in [2.24, 2.45) is 0 Å². The molecule has 0 saturated heterocycles. The summed E-state index contributed by atoms with van der Waals surface area (Å²) in [5.41, 5.74) is 0. The van der Waals surface area contributed by atoms with Crippen molar-refractivity contribution in [1.29, 1.82) is 0 Å². The van der Waals surface area contributed by atoms with Crippen LogP contribution >= 0.6 is 0 Å². The SMILES string of the molecule is C=CC/C=C(/C)O[Si](C)(C)C. The van der Waals surface area contributed by atoms with Crippen LogP contribution in [0.5, 0.6) is 0 Å². The molecule has 2 heteroatoms. The van der Waals surface area contributed by atoms with Gasteiger partial charge in [0.25, 0.3) is 0 Å². The lowest BCUT2D eigenvalue weighted by Crippen LogP contribution is -2.24. The fourth-order valence-corrected chi connectivity index (χ4v) is 1.82. The molecular weight excluding hydrogens is 152 g/mol. The van der Waals surface area contributed by atoms with Gasteiger partial charge in [-0.3, -0.25) is 0 Å². The molecule has 0 aromatic heterocycles. The van der Waals surface area contributed by atoms with Crippen LogP contribution in [0.25, 0.3) is 0 Å². The molecule has 0 atom stereocenters. The minimum absolute atomic E-state index is 0.899. The summed E-state index contributed by atoms with van der Waals surface area (Å²) in [6.45, 7) is 12.2. The maximum Gasteiger partial charge on any atom is 0.241 e. The van der Waals surface area contributed by atoms with Gasteiger partial charge in [-0.15, -0.1) is 6.58 Å². The van der Waals surface area contributed by atoms with Crippen LogP contribution in [0.2, 0.25) is 19.6 Å². The Morgan fingerprint density at radius 2 is 2.00 bits per heavy atom. The van der Waals surface area contributed by atoms with E-state index >= 15 is 0 Å². The topological polar surface area (TPSA) is 9.23 Å². The van der Waals surface area contributed by atoms with Crippen molar-refractivity contribution in [2.75, 3.05) is 0 Å². The highest BCUT2D eigenvalue weighted by atomic mass is 28.4. The van der Waals surface area contributed by atoms with Crippen LogP contribution in [-0.4, -0.2) is 8.32 Å². The molecule has 0 spiro atoms. The first kappa shape index (κ1) is 10.5. The Morgan fingerprint density at radius 1 is 1.45 bits per heavy atom. The molecule has 0 rings (SSSR count). The van der Waals surface area contributed by atoms with Crippen molar-refractivity contribution in [3.63, 3.8) is 0 Å². The van der Waals surface area contributed by atoms with Crippen molar-refractivity contribution in [2.45, 2.75) is 33.0 Å². The van der Waals surface area contributed by atoms with Gasteiger partial charge < -0.3 is 4.43 Å². The summed E-state index contributed by atoms with van der Waals surface area (Å²) in [5, 5.41) is 0. The smallest absolute Gasteiger partial charge is 0.241 e. The molecule has 0 aliphatic heterocycles. The van der Waals surface area contributed by atoms with E-state index in [2.05, 4.69) is 32.3 Å². The zero-order valence-corrected chi connectivity index (χ0v) is 8.98. The zero-order chi connectivity index (χ0) is 8.91. The molecule has 0 heterocycles. The van der Waals surface area contributed by atoms with Crippen molar-refractivity contribution in [3.8, 4) is 0 Å². The summed E-state index contributed by atoms with van der Waals surface area (Å²) in [6, 6.07) is 0. The summed E-state index contributed by atoms with van der Waals surface area (Å²) < 4.78 is 5.69. The molecule has 0 fully saturated rings. The average molecular weight is 170 g/mol. The molecule has 0 radical (unpaired) electrons. The summed E-state index contributed by atoms with van der Waals surface area (Å²) in [4.78, 5) is 0. The molecular formula is C9H18OSi. The van der Waals surface area contributed by atoms with Gasteiger partial charge in [0, 0.05) is 0 Å². The lowest BCUT2D eigenvalue weighted by molar-refractivity contribution is 0.422. The largest absolute Gasteiger partial charge is 0.548 e. The Hall–Kier alpha value is -0.503. The van der Waals surface area contributed by atoms with Gasteiger partial charge in [-0.2, -0.15) is 0 Å².